The number of Topliss-reactive ketones (excluding diaryl/α,β-unsaturated/α-hetero) is 2. The van der Waals surface area contributed by atoms with E-state index in [4.69, 9.17) is 9.16 Å². The van der Waals surface area contributed by atoms with Crippen LogP contribution >= 0.6 is 0 Å². The number of ether oxygens (including phenoxy) is 1. The third-order valence-electron chi connectivity index (χ3n) is 10.2. The molecule has 0 radical (unpaired) electrons. The second-order valence-corrected chi connectivity index (χ2v) is 23.0. The number of benzene rings is 2. The Labute approximate surface area is 221 Å². The standard InChI is InChI=1S/C30H38O5Si2/c1-29(37(5,6)18-11-8-7-9-12-18)16-15-20-23-24(26(33)22-19(25(23)32)13-10-14-21(22)31)27(35-36(2,3)4)28-30(20,17-29)34-28/h7-14,20,23-24,27-28,31H,15-17H2,1-6H3/t20-,23+,24-,27+,28-,29-,30+/m0/s1. The summed E-state index contributed by atoms with van der Waals surface area (Å²) in [7, 11) is -3.98. The molecule has 0 unspecified atom stereocenters. The van der Waals surface area contributed by atoms with Crippen LogP contribution in [0.5, 0.6) is 5.75 Å². The second kappa shape index (κ2) is 7.98. The fraction of sp³-hybridized carbons (Fsp3) is 0.533. The molecule has 7 heteroatoms. The second-order valence-electron chi connectivity index (χ2n) is 13.5. The van der Waals surface area contributed by atoms with Gasteiger partial charge in [0, 0.05) is 17.4 Å². The van der Waals surface area contributed by atoms with Gasteiger partial charge in [0.2, 0.25) is 0 Å². The summed E-state index contributed by atoms with van der Waals surface area (Å²) in [6, 6.07) is 15.8. The van der Waals surface area contributed by atoms with Gasteiger partial charge in [-0.15, -0.1) is 0 Å². The minimum atomic E-state index is -2.08. The van der Waals surface area contributed by atoms with E-state index in [1.165, 1.54) is 11.3 Å². The van der Waals surface area contributed by atoms with Crippen LogP contribution in [0.25, 0.3) is 0 Å². The molecule has 3 fully saturated rings. The molecule has 1 aliphatic heterocycles. The van der Waals surface area contributed by atoms with E-state index < -0.39 is 39.9 Å². The van der Waals surface area contributed by atoms with Crippen LogP contribution in [0.1, 0.15) is 46.9 Å². The first-order valence-electron chi connectivity index (χ1n) is 13.6. The van der Waals surface area contributed by atoms with Crippen molar-refractivity contribution in [2.75, 3.05) is 0 Å². The van der Waals surface area contributed by atoms with Gasteiger partial charge in [0.25, 0.3) is 0 Å². The van der Waals surface area contributed by atoms with Gasteiger partial charge in [-0.1, -0.05) is 67.7 Å². The number of carbonyl (C=O) groups excluding carboxylic acids is 2. The number of fused-ring (bicyclic) bond motifs is 3. The van der Waals surface area contributed by atoms with Crippen LogP contribution in [0.3, 0.4) is 0 Å². The minimum absolute atomic E-state index is 0.00965. The van der Waals surface area contributed by atoms with E-state index in [1.54, 1.807) is 12.1 Å². The van der Waals surface area contributed by atoms with Crippen molar-refractivity contribution in [3.05, 3.63) is 59.7 Å². The minimum Gasteiger partial charge on any atom is -0.507 e. The molecule has 1 spiro atoms. The van der Waals surface area contributed by atoms with Crippen LogP contribution in [0.4, 0.5) is 0 Å². The van der Waals surface area contributed by atoms with Crippen LogP contribution < -0.4 is 5.19 Å². The van der Waals surface area contributed by atoms with E-state index in [-0.39, 0.29) is 39.9 Å². The summed E-state index contributed by atoms with van der Waals surface area (Å²) in [4.78, 5) is 28.1. The number of carbonyl (C=O) groups is 2. The Morgan fingerprint density at radius 3 is 2.32 bits per heavy atom. The number of epoxide rings is 1. The fourth-order valence-corrected chi connectivity index (χ4v) is 12.2. The Morgan fingerprint density at radius 2 is 1.65 bits per heavy atom. The molecule has 0 bridgehead atoms. The normalized spacial score (nSPS) is 36.8. The van der Waals surface area contributed by atoms with Gasteiger partial charge in [-0.3, -0.25) is 9.59 Å². The van der Waals surface area contributed by atoms with Gasteiger partial charge in [-0.25, -0.2) is 0 Å². The Morgan fingerprint density at radius 1 is 0.946 bits per heavy atom. The first kappa shape index (κ1) is 25.2. The van der Waals surface area contributed by atoms with Gasteiger partial charge in [0.05, 0.1) is 25.7 Å². The number of ketones is 2. The molecular formula is C30H38O5Si2. The lowest BCUT2D eigenvalue weighted by atomic mass is 9.54. The molecule has 0 amide bonds. The predicted octanol–water partition coefficient (Wildman–Crippen LogP) is 5.55. The molecule has 6 rings (SSSR count). The maximum Gasteiger partial charge on any atom is 0.184 e. The molecule has 1 saturated heterocycles. The van der Waals surface area contributed by atoms with E-state index in [9.17, 15) is 14.7 Å². The maximum absolute atomic E-state index is 14.1. The molecule has 2 saturated carbocycles. The smallest absolute Gasteiger partial charge is 0.184 e. The molecule has 4 aliphatic rings. The quantitative estimate of drug-likeness (QED) is 0.411. The molecule has 2 aromatic rings. The number of aromatic hydroxyl groups is 1. The Bertz CT molecular complexity index is 1280. The van der Waals surface area contributed by atoms with Crippen molar-refractivity contribution in [1.82, 2.24) is 0 Å². The monoisotopic (exact) mass is 534 g/mol. The van der Waals surface area contributed by atoms with Gasteiger partial charge < -0.3 is 14.3 Å². The zero-order chi connectivity index (χ0) is 26.5. The Balaban J connectivity index is 1.44. The summed E-state index contributed by atoms with van der Waals surface area (Å²) < 4.78 is 13.5. The number of phenols is 1. The highest BCUT2D eigenvalue weighted by Crippen LogP contribution is 2.69. The average molecular weight is 535 g/mol. The molecule has 5 nitrogen and oxygen atoms in total. The number of phenolic OH excluding ortho intramolecular Hbond substituents is 1. The summed E-state index contributed by atoms with van der Waals surface area (Å²) >= 11 is 0. The van der Waals surface area contributed by atoms with E-state index in [2.05, 4.69) is 70.0 Å². The van der Waals surface area contributed by atoms with E-state index in [0.29, 0.717) is 5.56 Å². The van der Waals surface area contributed by atoms with Crippen LogP contribution in [0.15, 0.2) is 48.5 Å². The van der Waals surface area contributed by atoms with Crippen LogP contribution in [0.2, 0.25) is 37.8 Å². The molecule has 1 heterocycles. The molecular weight excluding hydrogens is 496 g/mol. The van der Waals surface area contributed by atoms with E-state index in [0.717, 1.165) is 19.3 Å². The van der Waals surface area contributed by atoms with Crippen molar-refractivity contribution in [1.29, 1.82) is 0 Å². The SMILES string of the molecule is C[C@]1([Si](C)(C)c2ccccc2)CC[C@H]2[C@H]3C(=O)c4cccc(O)c4C(=O)[C@H]3[C@@H](O[Si](C)(C)C)[C@@H]3O[C@]23C1. The molecule has 7 atom stereocenters. The number of rotatable bonds is 4. The van der Waals surface area contributed by atoms with Crippen LogP contribution in [0, 0.1) is 17.8 Å². The summed E-state index contributed by atoms with van der Waals surface area (Å²) in [5.74, 6) is -1.37. The van der Waals surface area contributed by atoms with E-state index >= 15 is 0 Å². The predicted molar refractivity (Wildman–Crippen MR) is 149 cm³/mol. The lowest BCUT2D eigenvalue weighted by Gasteiger charge is -2.55. The van der Waals surface area contributed by atoms with Crippen molar-refractivity contribution in [3.63, 3.8) is 0 Å². The molecule has 0 aromatic heterocycles. The average Bonchev–Trinajstić information content (AvgIpc) is 3.55. The molecule has 1 N–H and O–H groups in total. The fourth-order valence-electron chi connectivity index (χ4n) is 7.95. The first-order valence-corrected chi connectivity index (χ1v) is 20.0. The zero-order valence-electron chi connectivity index (χ0n) is 22.7. The highest BCUT2D eigenvalue weighted by molar-refractivity contribution is 6.92. The number of hydrogen-bond donors (Lipinski definition) is 1. The largest absolute Gasteiger partial charge is 0.507 e. The van der Waals surface area contributed by atoms with Crippen molar-refractivity contribution >= 4 is 33.1 Å². The number of hydrogen-bond acceptors (Lipinski definition) is 5. The van der Waals surface area contributed by atoms with Crippen molar-refractivity contribution < 1.29 is 23.9 Å². The van der Waals surface area contributed by atoms with Gasteiger partial charge in [0.1, 0.15) is 17.5 Å². The van der Waals surface area contributed by atoms with Gasteiger partial charge in [-0.2, -0.15) is 0 Å². The van der Waals surface area contributed by atoms with Crippen molar-refractivity contribution in [2.45, 2.75) is 81.8 Å². The molecule has 2 aromatic carbocycles. The first-order chi connectivity index (χ1) is 17.3. The molecule has 3 aliphatic carbocycles. The zero-order valence-corrected chi connectivity index (χ0v) is 24.7. The van der Waals surface area contributed by atoms with Gasteiger partial charge in [0.15, 0.2) is 19.9 Å². The topological polar surface area (TPSA) is 76.1 Å². The third-order valence-corrected chi connectivity index (χ3v) is 16.4. The third kappa shape index (κ3) is 3.54. The lowest BCUT2D eigenvalue weighted by molar-refractivity contribution is 0.00153. The summed E-state index contributed by atoms with van der Waals surface area (Å²) in [5, 5.41) is 12.1. The highest BCUT2D eigenvalue weighted by Gasteiger charge is 2.77. The van der Waals surface area contributed by atoms with Gasteiger partial charge in [-0.05, 0) is 50.0 Å². The molecule has 196 valence electrons. The van der Waals surface area contributed by atoms with E-state index in [1.807, 2.05) is 0 Å². The summed E-state index contributed by atoms with van der Waals surface area (Å²) in [6.07, 6.45) is 2.13. The summed E-state index contributed by atoms with van der Waals surface area (Å²) in [5.41, 5.74) is 0.103. The summed E-state index contributed by atoms with van der Waals surface area (Å²) in [6.45, 7) is 13.7. The van der Waals surface area contributed by atoms with Crippen molar-refractivity contribution in [2.24, 2.45) is 17.8 Å². The molecule has 37 heavy (non-hydrogen) atoms. The lowest BCUT2D eigenvalue weighted by Crippen LogP contribution is -2.63. The Hall–Kier alpha value is -2.07. The Kier molecular flexibility index (Phi) is 5.44. The van der Waals surface area contributed by atoms with Gasteiger partial charge >= 0.3 is 0 Å². The van der Waals surface area contributed by atoms with Crippen LogP contribution in [-0.4, -0.2) is 50.9 Å². The maximum atomic E-state index is 14.1. The highest BCUT2D eigenvalue weighted by atomic mass is 28.4. The van der Waals surface area contributed by atoms with Crippen LogP contribution in [-0.2, 0) is 9.16 Å². The van der Waals surface area contributed by atoms with Crippen molar-refractivity contribution in [3.8, 4) is 5.75 Å².